The van der Waals surface area contributed by atoms with E-state index in [4.69, 9.17) is 4.74 Å². The topological polar surface area (TPSA) is 24.5 Å². The van der Waals surface area contributed by atoms with Crippen molar-refractivity contribution in [2.75, 3.05) is 32.1 Å². The number of anilines is 1. The Kier molecular flexibility index (Phi) is 7.45. The van der Waals surface area contributed by atoms with Crippen LogP contribution in [0.15, 0.2) is 24.3 Å². The van der Waals surface area contributed by atoms with Gasteiger partial charge in [-0.05, 0) is 31.0 Å². The number of ether oxygens (including phenoxy) is 1. The van der Waals surface area contributed by atoms with Crippen LogP contribution in [0, 0.1) is 5.92 Å². The normalized spacial score (nSPS) is 13.8. The number of hydrogen-bond donors (Lipinski definition) is 1. The van der Waals surface area contributed by atoms with E-state index in [1.54, 1.807) is 0 Å². The first-order valence-corrected chi connectivity index (χ1v) is 7.72. The molecule has 114 valence electrons. The highest BCUT2D eigenvalue weighted by atomic mass is 16.5. The van der Waals surface area contributed by atoms with Crippen LogP contribution in [0.3, 0.4) is 0 Å². The Morgan fingerprint density at radius 1 is 1.25 bits per heavy atom. The molecule has 0 heterocycles. The van der Waals surface area contributed by atoms with E-state index in [-0.39, 0.29) is 0 Å². The predicted molar refractivity (Wildman–Crippen MR) is 87.8 cm³/mol. The molecule has 0 radical (unpaired) electrons. The van der Waals surface area contributed by atoms with Crippen LogP contribution in [0.4, 0.5) is 5.69 Å². The van der Waals surface area contributed by atoms with Crippen molar-refractivity contribution in [3.8, 4) is 5.75 Å². The van der Waals surface area contributed by atoms with Gasteiger partial charge in [-0.25, -0.2) is 0 Å². The highest BCUT2D eigenvalue weighted by Crippen LogP contribution is 2.20. The Morgan fingerprint density at radius 2 is 2.00 bits per heavy atom. The molecule has 0 saturated heterocycles. The summed E-state index contributed by atoms with van der Waals surface area (Å²) in [5.74, 6) is 1.57. The molecule has 0 aliphatic carbocycles. The van der Waals surface area contributed by atoms with Crippen LogP contribution < -0.4 is 15.0 Å². The third kappa shape index (κ3) is 5.41. The molecule has 2 unspecified atom stereocenters. The standard InChI is InChI=1S/C17H30N2O/c1-6-11-18-17(14(3)7-2)13-20-16-10-8-9-15(12-16)19(4)5/h8-10,12,14,17-18H,6-7,11,13H2,1-5H3. The van der Waals surface area contributed by atoms with Gasteiger partial charge in [0.25, 0.3) is 0 Å². The van der Waals surface area contributed by atoms with Gasteiger partial charge in [-0.3, -0.25) is 0 Å². The van der Waals surface area contributed by atoms with Crippen molar-refractivity contribution in [2.45, 2.75) is 39.7 Å². The second-order valence-electron chi connectivity index (χ2n) is 5.65. The van der Waals surface area contributed by atoms with Crippen molar-refractivity contribution in [2.24, 2.45) is 5.92 Å². The second kappa shape index (κ2) is 8.85. The number of benzene rings is 1. The fourth-order valence-electron chi connectivity index (χ4n) is 2.08. The van der Waals surface area contributed by atoms with Gasteiger partial charge < -0.3 is 15.0 Å². The summed E-state index contributed by atoms with van der Waals surface area (Å²) in [6.07, 6.45) is 2.32. The van der Waals surface area contributed by atoms with E-state index in [0.717, 1.165) is 25.3 Å². The Balaban J connectivity index is 2.59. The molecule has 1 aromatic rings. The summed E-state index contributed by atoms with van der Waals surface area (Å²) in [5.41, 5.74) is 1.17. The molecule has 0 aromatic heterocycles. The van der Waals surface area contributed by atoms with E-state index in [1.807, 2.05) is 26.2 Å². The number of hydrogen-bond acceptors (Lipinski definition) is 3. The van der Waals surface area contributed by atoms with Crippen LogP contribution in [0.5, 0.6) is 5.75 Å². The monoisotopic (exact) mass is 278 g/mol. The Labute approximate surface area is 124 Å². The first-order valence-electron chi connectivity index (χ1n) is 7.72. The molecule has 0 bridgehead atoms. The van der Waals surface area contributed by atoms with Crippen LogP contribution in [0.2, 0.25) is 0 Å². The number of nitrogens with one attached hydrogen (secondary N) is 1. The zero-order chi connectivity index (χ0) is 15.0. The van der Waals surface area contributed by atoms with Crippen LogP contribution in [0.25, 0.3) is 0 Å². The summed E-state index contributed by atoms with van der Waals surface area (Å²) in [5, 5.41) is 3.59. The van der Waals surface area contributed by atoms with Crippen molar-refractivity contribution in [3.05, 3.63) is 24.3 Å². The summed E-state index contributed by atoms with van der Waals surface area (Å²) in [6, 6.07) is 8.67. The van der Waals surface area contributed by atoms with Gasteiger partial charge >= 0.3 is 0 Å². The fourth-order valence-corrected chi connectivity index (χ4v) is 2.08. The maximum atomic E-state index is 5.99. The molecule has 3 nitrogen and oxygen atoms in total. The zero-order valence-corrected chi connectivity index (χ0v) is 13.6. The van der Waals surface area contributed by atoms with E-state index in [1.165, 1.54) is 12.1 Å². The van der Waals surface area contributed by atoms with Gasteiger partial charge in [0.1, 0.15) is 12.4 Å². The maximum absolute atomic E-state index is 5.99. The SMILES string of the molecule is CCCNC(COc1cccc(N(C)C)c1)C(C)CC. The summed E-state index contributed by atoms with van der Waals surface area (Å²) >= 11 is 0. The van der Waals surface area contributed by atoms with Crippen LogP contribution in [-0.2, 0) is 0 Å². The molecular formula is C17H30N2O. The Morgan fingerprint density at radius 3 is 2.60 bits per heavy atom. The van der Waals surface area contributed by atoms with Gasteiger partial charge in [0.2, 0.25) is 0 Å². The second-order valence-corrected chi connectivity index (χ2v) is 5.65. The molecule has 0 fully saturated rings. The Hall–Kier alpha value is -1.22. The molecule has 0 aliphatic heterocycles. The summed E-state index contributed by atoms with van der Waals surface area (Å²) < 4.78 is 5.99. The predicted octanol–water partition coefficient (Wildman–Crippen LogP) is 3.55. The number of nitrogens with zero attached hydrogens (tertiary/aromatic N) is 1. The van der Waals surface area contributed by atoms with Gasteiger partial charge in [0, 0.05) is 31.9 Å². The lowest BCUT2D eigenvalue weighted by Crippen LogP contribution is -2.40. The van der Waals surface area contributed by atoms with Gasteiger partial charge in [-0.15, -0.1) is 0 Å². The van der Waals surface area contributed by atoms with Gasteiger partial charge in [-0.1, -0.05) is 33.3 Å². The molecular weight excluding hydrogens is 248 g/mol. The van der Waals surface area contributed by atoms with Crippen molar-refractivity contribution in [3.63, 3.8) is 0 Å². The van der Waals surface area contributed by atoms with E-state index in [2.05, 4.69) is 43.1 Å². The average molecular weight is 278 g/mol. The summed E-state index contributed by atoms with van der Waals surface area (Å²) in [4.78, 5) is 2.09. The molecule has 20 heavy (non-hydrogen) atoms. The smallest absolute Gasteiger partial charge is 0.121 e. The van der Waals surface area contributed by atoms with Gasteiger partial charge in [-0.2, -0.15) is 0 Å². The maximum Gasteiger partial charge on any atom is 0.121 e. The lowest BCUT2D eigenvalue weighted by atomic mass is 10.00. The molecule has 0 saturated carbocycles. The highest BCUT2D eigenvalue weighted by molar-refractivity contribution is 5.49. The molecule has 0 aliphatic rings. The highest BCUT2D eigenvalue weighted by Gasteiger charge is 2.15. The minimum absolute atomic E-state index is 0.419. The quantitative estimate of drug-likeness (QED) is 0.747. The fraction of sp³-hybridized carbons (Fsp3) is 0.647. The van der Waals surface area contributed by atoms with Gasteiger partial charge in [0.15, 0.2) is 0 Å². The largest absolute Gasteiger partial charge is 0.492 e. The summed E-state index contributed by atoms with van der Waals surface area (Å²) in [6.45, 7) is 8.50. The van der Waals surface area contributed by atoms with Gasteiger partial charge in [0.05, 0.1) is 0 Å². The van der Waals surface area contributed by atoms with E-state index < -0.39 is 0 Å². The first-order chi connectivity index (χ1) is 9.58. The third-order valence-electron chi connectivity index (χ3n) is 3.75. The number of rotatable bonds is 9. The molecule has 2 atom stereocenters. The average Bonchev–Trinajstić information content (AvgIpc) is 2.47. The minimum Gasteiger partial charge on any atom is -0.492 e. The van der Waals surface area contributed by atoms with Crippen molar-refractivity contribution < 1.29 is 4.74 Å². The summed E-state index contributed by atoms with van der Waals surface area (Å²) in [7, 11) is 4.09. The van der Waals surface area contributed by atoms with E-state index >= 15 is 0 Å². The third-order valence-corrected chi connectivity index (χ3v) is 3.75. The zero-order valence-electron chi connectivity index (χ0n) is 13.6. The molecule has 0 amide bonds. The van der Waals surface area contributed by atoms with Crippen molar-refractivity contribution in [1.82, 2.24) is 5.32 Å². The minimum atomic E-state index is 0.419. The lowest BCUT2D eigenvalue weighted by Gasteiger charge is -2.24. The molecule has 3 heteroatoms. The lowest BCUT2D eigenvalue weighted by molar-refractivity contribution is 0.221. The first kappa shape index (κ1) is 16.8. The van der Waals surface area contributed by atoms with Crippen molar-refractivity contribution >= 4 is 5.69 Å². The Bertz CT molecular complexity index is 379. The van der Waals surface area contributed by atoms with Crippen LogP contribution in [-0.4, -0.2) is 33.3 Å². The van der Waals surface area contributed by atoms with Crippen LogP contribution >= 0.6 is 0 Å². The molecule has 0 spiro atoms. The molecule has 1 aromatic carbocycles. The van der Waals surface area contributed by atoms with E-state index in [0.29, 0.717) is 12.0 Å². The van der Waals surface area contributed by atoms with Crippen molar-refractivity contribution in [1.29, 1.82) is 0 Å². The van der Waals surface area contributed by atoms with E-state index in [9.17, 15) is 0 Å². The molecule has 1 N–H and O–H groups in total. The molecule has 1 rings (SSSR count). The van der Waals surface area contributed by atoms with Crippen LogP contribution in [0.1, 0.15) is 33.6 Å².